The van der Waals surface area contributed by atoms with Crippen LogP contribution in [0.1, 0.15) is 11.1 Å². The third-order valence-corrected chi connectivity index (χ3v) is 3.99. The molecule has 0 fully saturated rings. The molecule has 122 valence electrons. The molecular formula is C18H19Cl2NO2. The molecule has 2 aromatic rings. The lowest BCUT2D eigenvalue weighted by atomic mass is 10.1. The van der Waals surface area contributed by atoms with Gasteiger partial charge in [-0.15, -0.1) is 6.58 Å². The van der Waals surface area contributed by atoms with Crippen LogP contribution in [0.5, 0.6) is 11.5 Å². The van der Waals surface area contributed by atoms with Crippen molar-refractivity contribution < 1.29 is 9.47 Å². The molecule has 1 N–H and O–H groups in total. The van der Waals surface area contributed by atoms with Crippen molar-refractivity contribution in [2.75, 3.05) is 13.7 Å². The molecule has 0 radical (unpaired) electrons. The first-order valence-electron chi connectivity index (χ1n) is 7.20. The lowest BCUT2D eigenvalue weighted by Gasteiger charge is -2.15. The van der Waals surface area contributed by atoms with E-state index in [-0.39, 0.29) is 0 Å². The first-order valence-corrected chi connectivity index (χ1v) is 7.95. The van der Waals surface area contributed by atoms with Gasteiger partial charge >= 0.3 is 0 Å². The van der Waals surface area contributed by atoms with Gasteiger partial charge in [0.05, 0.1) is 17.2 Å². The average Bonchev–Trinajstić information content (AvgIpc) is 2.56. The SMILES string of the molecule is C=CCNCc1cccc(OC)c1OCc1ccc(Cl)c(Cl)c1. The Morgan fingerprint density at radius 2 is 2.00 bits per heavy atom. The smallest absolute Gasteiger partial charge is 0.166 e. The Morgan fingerprint density at radius 1 is 1.17 bits per heavy atom. The second-order valence-corrected chi connectivity index (χ2v) is 5.72. The maximum atomic E-state index is 6.04. The zero-order valence-corrected chi connectivity index (χ0v) is 14.5. The number of hydrogen-bond acceptors (Lipinski definition) is 3. The maximum absolute atomic E-state index is 6.04. The van der Waals surface area contributed by atoms with Gasteiger partial charge in [-0.05, 0) is 23.8 Å². The quantitative estimate of drug-likeness (QED) is 0.544. The third kappa shape index (κ3) is 4.90. The van der Waals surface area contributed by atoms with E-state index in [2.05, 4.69) is 11.9 Å². The summed E-state index contributed by atoms with van der Waals surface area (Å²) in [7, 11) is 1.63. The van der Waals surface area contributed by atoms with Crippen LogP contribution in [0.15, 0.2) is 49.1 Å². The van der Waals surface area contributed by atoms with Crippen molar-refractivity contribution in [1.29, 1.82) is 0 Å². The molecule has 5 heteroatoms. The third-order valence-electron chi connectivity index (χ3n) is 3.25. The van der Waals surface area contributed by atoms with Gasteiger partial charge in [0.2, 0.25) is 0 Å². The maximum Gasteiger partial charge on any atom is 0.166 e. The number of halogens is 2. The summed E-state index contributed by atoms with van der Waals surface area (Å²) >= 11 is 12.0. The van der Waals surface area contributed by atoms with Crippen molar-refractivity contribution in [3.05, 3.63) is 70.2 Å². The van der Waals surface area contributed by atoms with E-state index < -0.39 is 0 Å². The van der Waals surface area contributed by atoms with Crippen molar-refractivity contribution >= 4 is 23.2 Å². The molecule has 0 unspecified atom stereocenters. The van der Waals surface area contributed by atoms with E-state index in [0.29, 0.717) is 28.9 Å². The lowest BCUT2D eigenvalue weighted by Crippen LogP contribution is -2.14. The van der Waals surface area contributed by atoms with Gasteiger partial charge in [-0.2, -0.15) is 0 Å². The number of nitrogens with one attached hydrogen (secondary N) is 1. The summed E-state index contributed by atoms with van der Waals surface area (Å²) in [6.45, 7) is 5.47. The average molecular weight is 352 g/mol. The molecule has 0 saturated heterocycles. The summed E-state index contributed by atoms with van der Waals surface area (Å²) in [6, 6.07) is 11.3. The number of para-hydroxylation sites is 1. The number of rotatable bonds is 8. The van der Waals surface area contributed by atoms with Crippen LogP contribution in [0.2, 0.25) is 10.0 Å². The summed E-state index contributed by atoms with van der Waals surface area (Å²) in [6.07, 6.45) is 1.82. The molecule has 0 amide bonds. The van der Waals surface area contributed by atoms with E-state index in [1.807, 2.05) is 30.3 Å². The highest BCUT2D eigenvalue weighted by atomic mass is 35.5. The predicted octanol–water partition coefficient (Wildman–Crippen LogP) is 4.86. The zero-order chi connectivity index (χ0) is 16.7. The Morgan fingerprint density at radius 3 is 2.70 bits per heavy atom. The summed E-state index contributed by atoms with van der Waals surface area (Å²) < 4.78 is 11.4. The van der Waals surface area contributed by atoms with Crippen LogP contribution in [0, 0.1) is 0 Å². The molecule has 2 rings (SSSR count). The van der Waals surface area contributed by atoms with Crippen molar-refractivity contribution in [3.63, 3.8) is 0 Å². The number of ether oxygens (including phenoxy) is 2. The highest BCUT2D eigenvalue weighted by molar-refractivity contribution is 6.42. The number of benzene rings is 2. The highest BCUT2D eigenvalue weighted by Gasteiger charge is 2.11. The summed E-state index contributed by atoms with van der Waals surface area (Å²) in [5.41, 5.74) is 1.96. The Kier molecular flexibility index (Phi) is 6.78. The molecule has 0 aromatic heterocycles. The van der Waals surface area contributed by atoms with E-state index in [0.717, 1.165) is 23.4 Å². The molecule has 0 aliphatic heterocycles. The minimum atomic E-state index is 0.381. The van der Waals surface area contributed by atoms with Crippen LogP contribution >= 0.6 is 23.2 Å². The fraction of sp³-hybridized carbons (Fsp3) is 0.222. The molecular weight excluding hydrogens is 333 g/mol. The standard InChI is InChI=1S/C18H19Cl2NO2/c1-3-9-21-11-14-5-4-6-17(22-2)18(14)23-12-13-7-8-15(19)16(20)10-13/h3-8,10,21H,1,9,11-12H2,2H3. The van der Waals surface area contributed by atoms with E-state index in [9.17, 15) is 0 Å². The van der Waals surface area contributed by atoms with Gasteiger partial charge in [0.15, 0.2) is 11.5 Å². The van der Waals surface area contributed by atoms with Crippen molar-refractivity contribution in [1.82, 2.24) is 5.32 Å². The molecule has 0 atom stereocenters. The van der Waals surface area contributed by atoms with E-state index in [1.165, 1.54) is 0 Å². The topological polar surface area (TPSA) is 30.5 Å². The molecule has 0 aliphatic carbocycles. The summed E-state index contributed by atoms with van der Waals surface area (Å²) in [4.78, 5) is 0. The van der Waals surface area contributed by atoms with Crippen molar-refractivity contribution in [2.45, 2.75) is 13.2 Å². The summed E-state index contributed by atoms with van der Waals surface area (Å²) in [5, 5.41) is 4.31. The Labute approximate surface area is 146 Å². The van der Waals surface area contributed by atoms with Gasteiger partial charge in [-0.25, -0.2) is 0 Å². The van der Waals surface area contributed by atoms with Gasteiger partial charge in [0.1, 0.15) is 6.61 Å². The molecule has 0 aliphatic rings. The highest BCUT2D eigenvalue weighted by Crippen LogP contribution is 2.32. The van der Waals surface area contributed by atoms with Crippen LogP contribution in [-0.2, 0) is 13.2 Å². The van der Waals surface area contributed by atoms with Gasteiger partial charge in [0, 0.05) is 18.7 Å². The van der Waals surface area contributed by atoms with E-state index in [1.54, 1.807) is 19.2 Å². The van der Waals surface area contributed by atoms with Crippen LogP contribution in [0.4, 0.5) is 0 Å². The molecule has 2 aromatic carbocycles. The predicted molar refractivity (Wildman–Crippen MR) is 95.7 cm³/mol. The minimum Gasteiger partial charge on any atom is -0.493 e. The summed E-state index contributed by atoms with van der Waals surface area (Å²) in [5.74, 6) is 1.42. The largest absolute Gasteiger partial charge is 0.493 e. The molecule has 0 saturated carbocycles. The molecule has 23 heavy (non-hydrogen) atoms. The van der Waals surface area contributed by atoms with Crippen LogP contribution in [0.25, 0.3) is 0 Å². The van der Waals surface area contributed by atoms with E-state index >= 15 is 0 Å². The second-order valence-electron chi connectivity index (χ2n) is 4.91. The van der Waals surface area contributed by atoms with E-state index in [4.69, 9.17) is 32.7 Å². The number of hydrogen-bond donors (Lipinski definition) is 1. The van der Waals surface area contributed by atoms with Crippen molar-refractivity contribution in [2.24, 2.45) is 0 Å². The number of methoxy groups -OCH3 is 1. The van der Waals surface area contributed by atoms with Crippen LogP contribution in [0.3, 0.4) is 0 Å². The lowest BCUT2D eigenvalue weighted by molar-refractivity contribution is 0.281. The van der Waals surface area contributed by atoms with Gasteiger partial charge in [0.25, 0.3) is 0 Å². The van der Waals surface area contributed by atoms with Gasteiger partial charge in [-0.3, -0.25) is 0 Å². The first-order chi connectivity index (χ1) is 11.2. The molecule has 3 nitrogen and oxygen atoms in total. The van der Waals surface area contributed by atoms with Crippen molar-refractivity contribution in [3.8, 4) is 11.5 Å². The Hall–Kier alpha value is -1.68. The van der Waals surface area contributed by atoms with Crippen LogP contribution < -0.4 is 14.8 Å². The fourth-order valence-electron chi connectivity index (χ4n) is 2.12. The Balaban J connectivity index is 2.15. The Bertz CT molecular complexity index is 674. The minimum absolute atomic E-state index is 0.381. The molecule has 0 spiro atoms. The van der Waals surface area contributed by atoms with Gasteiger partial charge < -0.3 is 14.8 Å². The van der Waals surface area contributed by atoms with Crippen LogP contribution in [-0.4, -0.2) is 13.7 Å². The first kappa shape index (κ1) is 17.7. The molecule has 0 bridgehead atoms. The van der Waals surface area contributed by atoms with Gasteiger partial charge in [-0.1, -0.05) is 47.5 Å². The zero-order valence-electron chi connectivity index (χ0n) is 12.9. The second kappa shape index (κ2) is 8.82. The molecule has 0 heterocycles. The monoisotopic (exact) mass is 351 g/mol. The fourth-order valence-corrected chi connectivity index (χ4v) is 2.44. The normalized spacial score (nSPS) is 10.4.